The molecule has 0 saturated carbocycles. The van der Waals surface area contributed by atoms with Crippen molar-refractivity contribution in [3.63, 3.8) is 0 Å². The van der Waals surface area contributed by atoms with E-state index in [-0.39, 0.29) is 29.9 Å². The molecule has 0 spiro atoms. The van der Waals surface area contributed by atoms with Gasteiger partial charge in [0.1, 0.15) is 5.82 Å². The molecule has 1 amide bonds. The smallest absolute Gasteiger partial charge is 0.228 e. The second-order valence-electron chi connectivity index (χ2n) is 3.57. The van der Waals surface area contributed by atoms with E-state index in [0.29, 0.717) is 6.54 Å². The van der Waals surface area contributed by atoms with Crippen LogP contribution in [0, 0.1) is 11.7 Å². The van der Waals surface area contributed by atoms with E-state index >= 15 is 0 Å². The molecule has 1 unspecified atom stereocenters. The molecule has 17 heavy (non-hydrogen) atoms. The van der Waals surface area contributed by atoms with E-state index in [1.165, 1.54) is 6.07 Å². The number of rotatable bonds is 4. The molecule has 6 heteroatoms. The summed E-state index contributed by atoms with van der Waals surface area (Å²) in [6, 6.07) is 4.43. The van der Waals surface area contributed by atoms with Gasteiger partial charge >= 0.3 is 0 Å². The summed E-state index contributed by atoms with van der Waals surface area (Å²) in [6.07, 6.45) is 0. The molecule has 3 nitrogen and oxygen atoms in total. The first-order chi connectivity index (χ1) is 7.54. The summed E-state index contributed by atoms with van der Waals surface area (Å²) < 4.78 is 14.1. The number of carbonyl (C=O) groups is 1. The van der Waals surface area contributed by atoms with Crippen molar-refractivity contribution in [1.82, 2.24) is 5.32 Å². The van der Waals surface area contributed by atoms with E-state index in [1.54, 1.807) is 26.1 Å². The molecule has 0 aliphatic heterocycles. The number of nitrogens with one attached hydrogen (secondary N) is 2. The van der Waals surface area contributed by atoms with E-state index in [0.717, 1.165) is 4.47 Å². The van der Waals surface area contributed by atoms with Crippen LogP contribution in [0.5, 0.6) is 0 Å². The van der Waals surface area contributed by atoms with Crippen LogP contribution in [0.25, 0.3) is 0 Å². The van der Waals surface area contributed by atoms with Gasteiger partial charge in [0.05, 0.1) is 5.69 Å². The van der Waals surface area contributed by atoms with Crippen LogP contribution in [0.15, 0.2) is 22.7 Å². The van der Waals surface area contributed by atoms with Crippen molar-refractivity contribution in [1.29, 1.82) is 0 Å². The molecule has 0 aliphatic rings. The molecule has 0 heterocycles. The molecule has 0 fully saturated rings. The maximum Gasteiger partial charge on any atom is 0.228 e. The summed E-state index contributed by atoms with van der Waals surface area (Å²) >= 11 is 3.22. The van der Waals surface area contributed by atoms with E-state index in [1.807, 2.05) is 0 Å². The van der Waals surface area contributed by atoms with Crippen molar-refractivity contribution in [2.45, 2.75) is 6.92 Å². The maximum atomic E-state index is 13.3. The second-order valence-corrected chi connectivity index (χ2v) is 4.49. The Morgan fingerprint density at radius 2 is 2.18 bits per heavy atom. The van der Waals surface area contributed by atoms with Crippen LogP contribution in [0.1, 0.15) is 6.92 Å². The Balaban J connectivity index is 0.00000256. The van der Waals surface area contributed by atoms with Crippen LogP contribution in [0.3, 0.4) is 0 Å². The number of hydrogen-bond acceptors (Lipinski definition) is 2. The SMILES string of the molecule is CNCC(C)C(=O)Nc1cc(Br)ccc1F.Cl. The monoisotopic (exact) mass is 324 g/mol. The molecule has 0 aromatic heterocycles. The molecule has 0 aliphatic carbocycles. The molecule has 0 radical (unpaired) electrons. The van der Waals surface area contributed by atoms with Gasteiger partial charge in [0, 0.05) is 16.9 Å². The second kappa shape index (κ2) is 7.63. The predicted molar refractivity (Wildman–Crippen MR) is 73.1 cm³/mol. The van der Waals surface area contributed by atoms with Gasteiger partial charge in [-0.1, -0.05) is 22.9 Å². The van der Waals surface area contributed by atoms with Crippen molar-refractivity contribution in [3.8, 4) is 0 Å². The Morgan fingerprint density at radius 3 is 2.76 bits per heavy atom. The number of halogens is 3. The lowest BCUT2D eigenvalue weighted by atomic mass is 10.1. The third-order valence-corrected chi connectivity index (χ3v) is 2.64. The zero-order valence-corrected chi connectivity index (χ0v) is 12.0. The van der Waals surface area contributed by atoms with Crippen molar-refractivity contribution >= 4 is 39.9 Å². The van der Waals surface area contributed by atoms with Gasteiger partial charge in [0.15, 0.2) is 0 Å². The van der Waals surface area contributed by atoms with Gasteiger partial charge in [-0.2, -0.15) is 0 Å². The standard InChI is InChI=1S/C11H14BrFN2O.ClH/c1-7(6-14-2)11(16)15-10-5-8(12)3-4-9(10)13;/h3-5,7,14H,6H2,1-2H3,(H,15,16);1H. The van der Waals surface area contributed by atoms with Gasteiger partial charge in [0.25, 0.3) is 0 Å². The fourth-order valence-corrected chi connectivity index (χ4v) is 1.61. The highest BCUT2D eigenvalue weighted by Gasteiger charge is 2.13. The fraction of sp³-hybridized carbons (Fsp3) is 0.364. The van der Waals surface area contributed by atoms with Crippen LogP contribution >= 0.6 is 28.3 Å². The van der Waals surface area contributed by atoms with Crippen molar-refractivity contribution in [2.24, 2.45) is 5.92 Å². The molecule has 96 valence electrons. The van der Waals surface area contributed by atoms with Crippen LogP contribution in [-0.4, -0.2) is 19.5 Å². The quantitative estimate of drug-likeness (QED) is 0.894. The molecular weight excluding hydrogens is 310 g/mol. The van der Waals surface area contributed by atoms with Crippen molar-refractivity contribution < 1.29 is 9.18 Å². The lowest BCUT2D eigenvalue weighted by Gasteiger charge is -2.12. The van der Waals surface area contributed by atoms with E-state index in [9.17, 15) is 9.18 Å². The first-order valence-corrected chi connectivity index (χ1v) is 5.74. The van der Waals surface area contributed by atoms with E-state index in [2.05, 4.69) is 26.6 Å². The molecule has 1 aromatic rings. The Morgan fingerprint density at radius 1 is 1.53 bits per heavy atom. The number of anilines is 1. The predicted octanol–water partition coefficient (Wildman–Crippen LogP) is 2.80. The normalized spacial score (nSPS) is 11.5. The van der Waals surface area contributed by atoms with Gasteiger partial charge in [-0.05, 0) is 25.2 Å². The third-order valence-electron chi connectivity index (χ3n) is 2.14. The summed E-state index contributed by atoms with van der Waals surface area (Å²) in [4.78, 5) is 11.6. The summed E-state index contributed by atoms with van der Waals surface area (Å²) in [5.41, 5.74) is 0.197. The van der Waals surface area contributed by atoms with Crippen molar-refractivity contribution in [2.75, 3.05) is 18.9 Å². The Kier molecular flexibility index (Phi) is 7.34. The highest BCUT2D eigenvalue weighted by Crippen LogP contribution is 2.20. The number of benzene rings is 1. The first kappa shape index (κ1) is 16.4. The van der Waals surface area contributed by atoms with Crippen molar-refractivity contribution in [3.05, 3.63) is 28.5 Å². The third kappa shape index (κ3) is 5.02. The molecule has 1 aromatic carbocycles. The highest BCUT2D eigenvalue weighted by atomic mass is 79.9. The molecule has 1 rings (SSSR count). The van der Waals surface area contributed by atoms with Gasteiger partial charge in [-0.25, -0.2) is 4.39 Å². The van der Waals surface area contributed by atoms with Gasteiger partial charge in [-0.3, -0.25) is 4.79 Å². The summed E-state index contributed by atoms with van der Waals surface area (Å²) in [5.74, 6) is -0.845. The summed E-state index contributed by atoms with van der Waals surface area (Å²) in [5, 5.41) is 5.45. The summed E-state index contributed by atoms with van der Waals surface area (Å²) in [7, 11) is 1.77. The minimum atomic E-state index is -0.437. The molecule has 0 bridgehead atoms. The van der Waals surface area contributed by atoms with E-state index < -0.39 is 5.82 Å². The van der Waals surface area contributed by atoms with Crippen LogP contribution in [0.2, 0.25) is 0 Å². The van der Waals surface area contributed by atoms with Crippen LogP contribution in [0.4, 0.5) is 10.1 Å². The number of amides is 1. The molecular formula is C11H15BrClFN2O. The lowest BCUT2D eigenvalue weighted by Crippen LogP contribution is -2.28. The lowest BCUT2D eigenvalue weighted by molar-refractivity contribution is -0.119. The van der Waals surface area contributed by atoms with E-state index in [4.69, 9.17) is 0 Å². The minimum Gasteiger partial charge on any atom is -0.323 e. The zero-order chi connectivity index (χ0) is 12.1. The molecule has 1 atom stereocenters. The molecule has 0 saturated heterocycles. The number of carbonyl (C=O) groups excluding carboxylic acids is 1. The van der Waals surface area contributed by atoms with Gasteiger partial charge in [0.2, 0.25) is 5.91 Å². The average Bonchev–Trinajstić information content (AvgIpc) is 2.23. The molecule has 2 N–H and O–H groups in total. The largest absolute Gasteiger partial charge is 0.323 e. The fourth-order valence-electron chi connectivity index (χ4n) is 1.25. The maximum absolute atomic E-state index is 13.3. The Hall–Kier alpha value is -0.650. The van der Waals surface area contributed by atoms with Crippen LogP contribution in [-0.2, 0) is 4.79 Å². The number of hydrogen-bond donors (Lipinski definition) is 2. The first-order valence-electron chi connectivity index (χ1n) is 4.95. The highest BCUT2D eigenvalue weighted by molar-refractivity contribution is 9.10. The Bertz CT molecular complexity index is 390. The van der Waals surface area contributed by atoms with Gasteiger partial charge in [-0.15, -0.1) is 12.4 Å². The Labute approximate surface area is 115 Å². The minimum absolute atomic E-state index is 0. The van der Waals surface area contributed by atoms with Crippen LogP contribution < -0.4 is 10.6 Å². The zero-order valence-electron chi connectivity index (χ0n) is 9.59. The van der Waals surface area contributed by atoms with Gasteiger partial charge < -0.3 is 10.6 Å². The average molecular weight is 326 g/mol. The topological polar surface area (TPSA) is 41.1 Å². The summed E-state index contributed by atoms with van der Waals surface area (Å²) in [6.45, 7) is 2.34.